The second-order valence-electron chi connectivity index (χ2n) is 11.1. The van der Waals surface area contributed by atoms with Crippen molar-refractivity contribution in [2.75, 3.05) is 26.8 Å². The Kier molecular flexibility index (Phi) is 9.96. The Bertz CT molecular complexity index is 1390. The lowest BCUT2D eigenvalue weighted by atomic mass is 9.94. The molecule has 0 bridgehead atoms. The average Bonchev–Trinajstić information content (AvgIpc) is 3.66. The number of hydrogen-bond donors (Lipinski definition) is 3. The molecule has 2 amide bonds. The third kappa shape index (κ3) is 7.73. The zero-order valence-electron chi connectivity index (χ0n) is 23.9. The standard InChI is InChI=1S/C32H36F2N4O5/c1-42-19-25-6-5-9-38(25)32(41)22-13-21(16-35-17-22)31(40)37-29(12-20-10-23(33)14-24(34)11-20)30(39)28-15-27(18-36-28)43-26-7-3-2-4-8-26/h2-4,7-8,10-11,13-14,16-17,25,27-30,36,39H,5-6,9,12,15,18-19H2,1H3,(H,37,40)/t25?,27-,28-,29+,30-/m1/s1. The van der Waals surface area contributed by atoms with Crippen molar-refractivity contribution >= 4 is 11.8 Å². The first-order valence-corrected chi connectivity index (χ1v) is 14.4. The highest BCUT2D eigenvalue weighted by Gasteiger charge is 2.36. The summed E-state index contributed by atoms with van der Waals surface area (Å²) >= 11 is 0. The summed E-state index contributed by atoms with van der Waals surface area (Å²) < 4.78 is 39.3. The number of amides is 2. The van der Waals surface area contributed by atoms with Crippen molar-refractivity contribution in [1.82, 2.24) is 20.5 Å². The molecular weight excluding hydrogens is 558 g/mol. The van der Waals surface area contributed by atoms with Gasteiger partial charge in [-0.1, -0.05) is 18.2 Å². The summed E-state index contributed by atoms with van der Waals surface area (Å²) in [7, 11) is 1.59. The Balaban J connectivity index is 1.32. The van der Waals surface area contributed by atoms with Gasteiger partial charge in [-0.05, 0) is 55.2 Å². The molecule has 228 valence electrons. The average molecular weight is 595 g/mol. The number of halogens is 2. The SMILES string of the molecule is COCC1CCCN1C(=O)c1cncc(C(=O)N[C@@H](Cc2cc(F)cc(F)c2)[C@H](O)[C@H]2C[C@@H](Oc3ccccc3)CN2)c1. The molecule has 2 fully saturated rings. The third-order valence-electron chi connectivity index (χ3n) is 7.93. The normalized spacial score (nSPS) is 21.4. The number of nitrogens with zero attached hydrogens (tertiary/aromatic N) is 2. The van der Waals surface area contributed by atoms with Crippen molar-refractivity contribution in [3.8, 4) is 5.75 Å². The van der Waals surface area contributed by atoms with E-state index in [-0.39, 0.29) is 41.2 Å². The lowest BCUT2D eigenvalue weighted by Crippen LogP contribution is -2.52. The van der Waals surface area contributed by atoms with Crippen LogP contribution in [0.4, 0.5) is 8.78 Å². The fraction of sp³-hybridized carbons (Fsp3) is 0.406. The van der Waals surface area contributed by atoms with E-state index in [1.165, 1.54) is 30.6 Å². The van der Waals surface area contributed by atoms with Crippen LogP contribution in [0.1, 0.15) is 45.5 Å². The maximum absolute atomic E-state index is 14.0. The molecule has 11 heteroatoms. The molecule has 2 aromatic carbocycles. The number of benzene rings is 2. The molecule has 2 aliphatic rings. The lowest BCUT2D eigenvalue weighted by Gasteiger charge is -2.29. The Morgan fingerprint density at radius 2 is 1.86 bits per heavy atom. The second kappa shape index (κ2) is 14.0. The van der Waals surface area contributed by atoms with E-state index in [0.717, 1.165) is 18.9 Å². The summed E-state index contributed by atoms with van der Waals surface area (Å²) in [5, 5.41) is 17.5. The minimum absolute atomic E-state index is 0.0392. The van der Waals surface area contributed by atoms with Crippen LogP contribution >= 0.6 is 0 Å². The quantitative estimate of drug-likeness (QED) is 0.313. The topological polar surface area (TPSA) is 113 Å². The van der Waals surface area contributed by atoms with Crippen molar-refractivity contribution in [3.63, 3.8) is 0 Å². The minimum atomic E-state index is -1.13. The molecule has 43 heavy (non-hydrogen) atoms. The van der Waals surface area contributed by atoms with Crippen molar-refractivity contribution in [2.24, 2.45) is 0 Å². The summed E-state index contributed by atoms with van der Waals surface area (Å²) in [5.41, 5.74) is 0.663. The number of hydrogen-bond acceptors (Lipinski definition) is 7. The molecule has 5 atom stereocenters. The summed E-state index contributed by atoms with van der Waals surface area (Å²) in [6.07, 6.45) is 3.51. The maximum Gasteiger partial charge on any atom is 0.255 e. The number of carbonyl (C=O) groups is 2. The smallest absolute Gasteiger partial charge is 0.255 e. The molecule has 2 aliphatic heterocycles. The fourth-order valence-corrected chi connectivity index (χ4v) is 5.86. The van der Waals surface area contributed by atoms with Gasteiger partial charge in [0.05, 0.1) is 35.9 Å². The number of nitrogens with one attached hydrogen (secondary N) is 2. The summed E-state index contributed by atoms with van der Waals surface area (Å²) in [6.45, 7) is 1.48. The highest BCUT2D eigenvalue weighted by molar-refractivity contribution is 5.99. The van der Waals surface area contributed by atoms with Crippen molar-refractivity contribution in [2.45, 2.75) is 56.0 Å². The van der Waals surface area contributed by atoms with E-state index in [9.17, 15) is 23.5 Å². The summed E-state index contributed by atoms with van der Waals surface area (Å²) in [6, 6.07) is 12.5. The van der Waals surface area contributed by atoms with Gasteiger partial charge in [0.15, 0.2) is 0 Å². The van der Waals surface area contributed by atoms with Gasteiger partial charge in [-0.2, -0.15) is 0 Å². The van der Waals surface area contributed by atoms with Crippen molar-refractivity contribution < 1.29 is 33.0 Å². The molecular formula is C32H36F2N4O5. The van der Waals surface area contributed by atoms with Crippen molar-refractivity contribution in [3.05, 3.63) is 95.3 Å². The fourth-order valence-electron chi connectivity index (χ4n) is 5.86. The Morgan fingerprint density at radius 3 is 2.60 bits per heavy atom. The van der Waals surface area contributed by atoms with Crippen LogP contribution in [0.25, 0.3) is 0 Å². The van der Waals surface area contributed by atoms with Gasteiger partial charge in [0.2, 0.25) is 0 Å². The van der Waals surface area contributed by atoms with Crippen LogP contribution in [0.5, 0.6) is 5.75 Å². The number of aromatic nitrogens is 1. The van der Waals surface area contributed by atoms with Crippen LogP contribution in [0.15, 0.2) is 67.0 Å². The predicted molar refractivity (Wildman–Crippen MR) is 155 cm³/mol. The van der Waals surface area contributed by atoms with Gasteiger partial charge < -0.3 is 30.1 Å². The molecule has 9 nitrogen and oxygen atoms in total. The number of aliphatic hydroxyl groups excluding tert-OH is 1. The van der Waals surface area contributed by atoms with E-state index in [1.807, 2.05) is 30.3 Å². The van der Waals surface area contributed by atoms with Crippen LogP contribution in [0.2, 0.25) is 0 Å². The number of carbonyl (C=O) groups excluding carboxylic acids is 2. The zero-order valence-corrected chi connectivity index (χ0v) is 23.9. The predicted octanol–water partition coefficient (Wildman–Crippen LogP) is 3.12. The number of methoxy groups -OCH3 is 1. The number of para-hydroxylation sites is 1. The van der Waals surface area contributed by atoms with E-state index in [0.29, 0.717) is 31.9 Å². The molecule has 0 aliphatic carbocycles. The Labute approximate surface area is 249 Å². The van der Waals surface area contributed by atoms with Gasteiger partial charge >= 0.3 is 0 Å². The number of ether oxygens (including phenoxy) is 2. The highest BCUT2D eigenvalue weighted by Crippen LogP contribution is 2.23. The molecule has 1 aromatic heterocycles. The molecule has 3 aromatic rings. The van der Waals surface area contributed by atoms with Gasteiger partial charge in [0.1, 0.15) is 23.5 Å². The van der Waals surface area contributed by atoms with E-state index in [1.54, 1.807) is 12.0 Å². The lowest BCUT2D eigenvalue weighted by molar-refractivity contribution is 0.0630. The molecule has 2 saturated heterocycles. The molecule has 5 rings (SSSR count). The Morgan fingerprint density at radius 1 is 1.12 bits per heavy atom. The van der Waals surface area contributed by atoms with Gasteiger partial charge in [0, 0.05) is 51.1 Å². The number of aliphatic hydroxyl groups is 1. The van der Waals surface area contributed by atoms with Gasteiger partial charge in [-0.25, -0.2) is 8.78 Å². The number of pyridine rings is 1. The number of likely N-dealkylation sites (tertiary alicyclic amines) is 1. The maximum atomic E-state index is 14.0. The molecule has 1 unspecified atom stereocenters. The summed E-state index contributed by atoms with van der Waals surface area (Å²) in [4.78, 5) is 32.6. The monoisotopic (exact) mass is 594 g/mol. The van der Waals surface area contributed by atoms with E-state index in [4.69, 9.17) is 9.47 Å². The summed E-state index contributed by atoms with van der Waals surface area (Å²) in [5.74, 6) is -1.63. The molecule has 3 N–H and O–H groups in total. The van der Waals surface area contributed by atoms with Crippen LogP contribution in [-0.2, 0) is 11.2 Å². The van der Waals surface area contributed by atoms with E-state index >= 15 is 0 Å². The van der Waals surface area contributed by atoms with Gasteiger partial charge in [0.25, 0.3) is 11.8 Å². The van der Waals surface area contributed by atoms with Crippen LogP contribution in [-0.4, -0.2) is 83.9 Å². The second-order valence-corrected chi connectivity index (χ2v) is 11.1. The molecule has 0 saturated carbocycles. The zero-order chi connectivity index (χ0) is 30.3. The molecule has 0 spiro atoms. The minimum Gasteiger partial charge on any atom is -0.489 e. The van der Waals surface area contributed by atoms with Gasteiger partial charge in [-0.15, -0.1) is 0 Å². The Hall–Kier alpha value is -3.93. The third-order valence-corrected chi connectivity index (χ3v) is 7.93. The first kappa shape index (κ1) is 30.5. The van der Waals surface area contributed by atoms with Crippen molar-refractivity contribution in [1.29, 1.82) is 0 Å². The van der Waals surface area contributed by atoms with E-state index in [2.05, 4.69) is 15.6 Å². The van der Waals surface area contributed by atoms with Crippen LogP contribution in [0.3, 0.4) is 0 Å². The molecule has 0 radical (unpaired) electrons. The van der Waals surface area contributed by atoms with Crippen LogP contribution in [0, 0.1) is 11.6 Å². The first-order valence-electron chi connectivity index (χ1n) is 14.4. The first-order chi connectivity index (χ1) is 20.8. The molecule has 3 heterocycles. The number of rotatable bonds is 11. The van der Waals surface area contributed by atoms with E-state index < -0.39 is 35.7 Å². The van der Waals surface area contributed by atoms with Crippen LogP contribution < -0.4 is 15.4 Å². The van der Waals surface area contributed by atoms with Gasteiger partial charge in [-0.3, -0.25) is 14.6 Å². The largest absolute Gasteiger partial charge is 0.489 e. The highest BCUT2D eigenvalue weighted by atomic mass is 19.1.